The third-order valence-electron chi connectivity index (χ3n) is 3.42. The molecule has 0 bridgehead atoms. The van der Waals surface area contributed by atoms with Crippen LogP contribution >= 0.6 is 0 Å². The summed E-state index contributed by atoms with van der Waals surface area (Å²) >= 11 is 0. The van der Waals surface area contributed by atoms with E-state index in [2.05, 4.69) is 0 Å². The highest BCUT2D eigenvalue weighted by Gasteiger charge is 2.64. The van der Waals surface area contributed by atoms with E-state index in [4.69, 9.17) is 0 Å². The maximum atomic E-state index is 12.8. The minimum absolute atomic E-state index is 0.234. The van der Waals surface area contributed by atoms with Crippen LogP contribution in [-0.2, 0) is 5.41 Å². The first-order chi connectivity index (χ1) is 7.37. The van der Waals surface area contributed by atoms with Crippen molar-refractivity contribution in [2.45, 2.75) is 44.2 Å². The largest absolute Gasteiger partial charge is 0.398 e. The maximum Gasteiger partial charge on any atom is 0.398 e. The molecule has 1 aromatic carbocycles. The van der Waals surface area contributed by atoms with Crippen molar-refractivity contribution >= 4 is 0 Å². The smallest absolute Gasteiger partial charge is 0.170 e. The van der Waals surface area contributed by atoms with Gasteiger partial charge in [0, 0.05) is 0 Å². The Bertz CT molecular complexity index is 369. The molecule has 0 aromatic heterocycles. The summed E-state index contributed by atoms with van der Waals surface area (Å²) in [5.41, 5.74) is -0.0335. The van der Waals surface area contributed by atoms with Gasteiger partial charge in [-0.05, 0) is 29.9 Å². The first kappa shape index (κ1) is 11.5. The molecule has 0 saturated heterocycles. The third-order valence-corrected chi connectivity index (χ3v) is 3.42. The highest BCUT2D eigenvalue weighted by Crippen LogP contribution is 2.58. The Morgan fingerprint density at radius 1 is 1.06 bits per heavy atom. The van der Waals surface area contributed by atoms with Gasteiger partial charge in [0.1, 0.15) is 0 Å². The zero-order valence-corrected chi connectivity index (χ0v) is 9.43. The Balaban J connectivity index is 2.29. The summed E-state index contributed by atoms with van der Waals surface area (Å²) in [6, 6.07) is 6.89. The third kappa shape index (κ3) is 1.72. The van der Waals surface area contributed by atoms with Crippen LogP contribution in [0.25, 0.3) is 0 Å². The molecule has 0 spiro atoms. The van der Waals surface area contributed by atoms with Gasteiger partial charge >= 0.3 is 6.18 Å². The van der Waals surface area contributed by atoms with Gasteiger partial charge in [0.25, 0.3) is 0 Å². The molecule has 3 heteroatoms. The van der Waals surface area contributed by atoms with Gasteiger partial charge in [-0.3, -0.25) is 0 Å². The minimum Gasteiger partial charge on any atom is -0.170 e. The zero-order chi connectivity index (χ0) is 12.0. The molecule has 2 rings (SSSR count). The Morgan fingerprint density at radius 3 is 1.88 bits per heavy atom. The SMILES string of the molecule is CC(C)c1ccc(C2(C(F)(F)F)CC2)cc1. The molecule has 0 radical (unpaired) electrons. The second kappa shape index (κ2) is 3.51. The van der Waals surface area contributed by atoms with Gasteiger partial charge in [-0.1, -0.05) is 38.1 Å². The minimum atomic E-state index is -4.10. The molecule has 0 heterocycles. The van der Waals surface area contributed by atoms with E-state index in [0.29, 0.717) is 11.5 Å². The summed E-state index contributed by atoms with van der Waals surface area (Å²) in [4.78, 5) is 0. The molecular formula is C13H15F3. The van der Waals surface area contributed by atoms with Crippen LogP contribution in [0.3, 0.4) is 0 Å². The Labute approximate surface area is 93.5 Å². The van der Waals surface area contributed by atoms with Crippen molar-refractivity contribution < 1.29 is 13.2 Å². The summed E-state index contributed by atoms with van der Waals surface area (Å²) in [7, 11) is 0. The lowest BCUT2D eigenvalue weighted by Crippen LogP contribution is -2.28. The van der Waals surface area contributed by atoms with Crippen molar-refractivity contribution in [1.82, 2.24) is 0 Å². The average Bonchev–Trinajstić information content (AvgIpc) is 2.97. The summed E-state index contributed by atoms with van der Waals surface area (Å²) in [5, 5.41) is 0. The predicted octanol–water partition coefficient (Wildman–Crippen LogP) is 4.40. The van der Waals surface area contributed by atoms with E-state index in [1.54, 1.807) is 12.1 Å². The van der Waals surface area contributed by atoms with Crippen LogP contribution < -0.4 is 0 Å². The topological polar surface area (TPSA) is 0 Å². The molecule has 0 aliphatic heterocycles. The van der Waals surface area contributed by atoms with Crippen molar-refractivity contribution in [1.29, 1.82) is 0 Å². The molecule has 0 N–H and O–H groups in total. The number of rotatable bonds is 2. The molecule has 0 amide bonds. The lowest BCUT2D eigenvalue weighted by Gasteiger charge is -2.20. The van der Waals surface area contributed by atoms with Crippen LogP contribution in [-0.4, -0.2) is 6.18 Å². The molecule has 1 saturated carbocycles. The molecule has 16 heavy (non-hydrogen) atoms. The Kier molecular flexibility index (Phi) is 2.52. The van der Waals surface area contributed by atoms with E-state index >= 15 is 0 Å². The van der Waals surface area contributed by atoms with Gasteiger partial charge in [-0.2, -0.15) is 13.2 Å². The van der Waals surface area contributed by atoms with E-state index in [0.717, 1.165) is 5.56 Å². The van der Waals surface area contributed by atoms with Crippen LogP contribution in [0.1, 0.15) is 43.7 Å². The Hall–Kier alpha value is -0.990. The Morgan fingerprint density at radius 2 is 1.56 bits per heavy atom. The van der Waals surface area contributed by atoms with Gasteiger partial charge < -0.3 is 0 Å². The van der Waals surface area contributed by atoms with Crippen molar-refractivity contribution in [2.24, 2.45) is 0 Å². The van der Waals surface area contributed by atoms with Crippen LogP contribution in [0.5, 0.6) is 0 Å². The molecule has 0 nitrogen and oxygen atoms in total. The molecule has 1 aliphatic carbocycles. The monoisotopic (exact) mass is 228 g/mol. The number of benzene rings is 1. The summed E-state index contributed by atoms with van der Waals surface area (Å²) in [6.45, 7) is 4.07. The quantitative estimate of drug-likeness (QED) is 0.703. The van der Waals surface area contributed by atoms with E-state index in [1.807, 2.05) is 26.0 Å². The molecule has 1 aliphatic rings. The summed E-state index contributed by atoms with van der Waals surface area (Å²) in [5.74, 6) is 0.357. The lowest BCUT2D eigenvalue weighted by molar-refractivity contribution is -0.160. The van der Waals surface area contributed by atoms with Crippen LogP contribution in [0.4, 0.5) is 13.2 Å². The van der Waals surface area contributed by atoms with Crippen molar-refractivity contribution in [3.05, 3.63) is 35.4 Å². The molecule has 88 valence electrons. The van der Waals surface area contributed by atoms with E-state index in [-0.39, 0.29) is 12.8 Å². The standard InChI is InChI=1S/C13H15F3/c1-9(2)10-3-5-11(6-4-10)12(7-8-12)13(14,15)16/h3-6,9H,7-8H2,1-2H3. The highest BCUT2D eigenvalue weighted by atomic mass is 19.4. The van der Waals surface area contributed by atoms with Gasteiger partial charge in [0.15, 0.2) is 0 Å². The predicted molar refractivity (Wildman–Crippen MR) is 57.5 cm³/mol. The summed E-state index contributed by atoms with van der Waals surface area (Å²) in [6.07, 6.45) is -3.64. The fourth-order valence-electron chi connectivity index (χ4n) is 2.05. The highest BCUT2D eigenvalue weighted by molar-refractivity contribution is 5.36. The summed E-state index contributed by atoms with van der Waals surface area (Å²) < 4.78 is 38.5. The van der Waals surface area contributed by atoms with Gasteiger partial charge in [0.2, 0.25) is 0 Å². The van der Waals surface area contributed by atoms with E-state index in [1.165, 1.54) is 0 Å². The second-order valence-corrected chi connectivity index (χ2v) is 4.86. The maximum absolute atomic E-state index is 12.8. The zero-order valence-electron chi connectivity index (χ0n) is 9.43. The molecule has 1 fully saturated rings. The fraction of sp³-hybridized carbons (Fsp3) is 0.538. The fourth-order valence-corrected chi connectivity index (χ4v) is 2.05. The van der Waals surface area contributed by atoms with Gasteiger partial charge in [-0.15, -0.1) is 0 Å². The van der Waals surface area contributed by atoms with E-state index < -0.39 is 11.6 Å². The number of halogens is 3. The van der Waals surface area contributed by atoms with Crippen LogP contribution in [0, 0.1) is 0 Å². The average molecular weight is 228 g/mol. The molecule has 1 aromatic rings. The van der Waals surface area contributed by atoms with Gasteiger partial charge in [0.05, 0.1) is 5.41 Å². The molecule has 0 atom stereocenters. The van der Waals surface area contributed by atoms with Crippen molar-refractivity contribution in [3.63, 3.8) is 0 Å². The molecular weight excluding hydrogens is 213 g/mol. The first-order valence-electron chi connectivity index (χ1n) is 5.54. The normalized spacial score (nSPS) is 18.9. The lowest BCUT2D eigenvalue weighted by atomic mass is 9.92. The van der Waals surface area contributed by atoms with Gasteiger partial charge in [-0.25, -0.2) is 0 Å². The van der Waals surface area contributed by atoms with Crippen LogP contribution in [0.15, 0.2) is 24.3 Å². The van der Waals surface area contributed by atoms with Crippen LogP contribution in [0.2, 0.25) is 0 Å². The number of hydrogen-bond donors (Lipinski definition) is 0. The van der Waals surface area contributed by atoms with Crippen molar-refractivity contribution in [2.75, 3.05) is 0 Å². The van der Waals surface area contributed by atoms with Crippen molar-refractivity contribution in [3.8, 4) is 0 Å². The first-order valence-corrected chi connectivity index (χ1v) is 5.54. The second-order valence-electron chi connectivity index (χ2n) is 4.86. The van der Waals surface area contributed by atoms with E-state index in [9.17, 15) is 13.2 Å². The number of hydrogen-bond acceptors (Lipinski definition) is 0. The number of alkyl halides is 3. The molecule has 0 unspecified atom stereocenters.